The van der Waals surface area contributed by atoms with Crippen LogP contribution >= 0.6 is 95.6 Å². The second-order valence-corrected chi connectivity index (χ2v) is 14.0. The highest BCUT2D eigenvalue weighted by molar-refractivity contribution is 9.11. The van der Waals surface area contributed by atoms with E-state index in [1.54, 1.807) is 36.4 Å². The predicted octanol–water partition coefficient (Wildman–Crippen LogP) is 9.62. The summed E-state index contributed by atoms with van der Waals surface area (Å²) in [5.41, 5.74) is 1.67. The number of phenols is 3. The van der Waals surface area contributed by atoms with Gasteiger partial charge in [-0.25, -0.2) is 15.3 Å². The zero-order valence-electron chi connectivity index (χ0n) is 18.5. The monoisotopic (exact) mass is 900 g/mol. The predicted molar refractivity (Wildman–Crippen MR) is 162 cm³/mol. The molecule has 0 aliphatic carbocycles. The Morgan fingerprint density at radius 2 is 0.757 bits per heavy atom. The molecule has 0 radical (unpaired) electrons. The highest BCUT2D eigenvalue weighted by Crippen LogP contribution is 2.34. The molecule has 3 aromatic rings. The normalized spacial score (nSPS) is 11.8. The maximum Gasteiger partial charge on any atom is 0.855 e. The number of rotatable bonds is 9. The zero-order valence-corrected chi connectivity index (χ0v) is 29.1. The number of aromatic hydroxyl groups is 3. The molecule has 0 heterocycles. The molecule has 16 heteroatoms. The molecule has 0 aliphatic heterocycles. The highest BCUT2D eigenvalue weighted by atomic mass is 79.9. The Hall–Kier alpha value is -0.728. The van der Waals surface area contributed by atoms with Gasteiger partial charge in [-0.05, 0) is 84.2 Å². The van der Waals surface area contributed by atoms with Gasteiger partial charge in [0.15, 0.2) is 0 Å². The Labute approximate surface area is 267 Å². The molecule has 0 unspecified atom stereocenters. The number of phenolic OH excluding ortho intramolecular Hbond substituents is 3. The Kier molecular flexibility index (Phi) is 12.2. The second kappa shape index (κ2) is 14.6. The molecule has 0 atom stereocenters. The largest absolute Gasteiger partial charge is 0.855 e. The Morgan fingerprint density at radius 3 is 1.03 bits per heavy atom. The molecule has 9 nitrogen and oxygen atoms in total. The van der Waals surface area contributed by atoms with Gasteiger partial charge in [0.05, 0.1) is 33.1 Å². The molecule has 37 heavy (non-hydrogen) atoms. The van der Waals surface area contributed by atoms with Crippen molar-refractivity contribution < 1.29 is 15.3 Å². The summed E-state index contributed by atoms with van der Waals surface area (Å²) < 4.78 is 16.6. The van der Waals surface area contributed by atoms with Gasteiger partial charge in [0.1, 0.15) is 17.2 Å². The molecule has 192 valence electrons. The fourth-order valence-corrected chi connectivity index (χ4v) is 7.62. The Bertz CT molecular complexity index is 1230. The average Bonchev–Trinajstić information content (AvgIpc) is 2.82. The van der Waals surface area contributed by atoms with E-state index in [0.717, 1.165) is 13.4 Å². The molecule has 0 aromatic heterocycles. The summed E-state index contributed by atoms with van der Waals surface area (Å²) in [6.07, 6.45) is 0. The molecule has 0 bridgehead atoms. The number of hydrogen-bond acceptors (Lipinski definition) is 9. The van der Waals surface area contributed by atoms with E-state index in [2.05, 4.69) is 123 Å². The number of halogens is 6. The first-order valence-corrected chi connectivity index (χ1v) is 16.5. The van der Waals surface area contributed by atoms with Crippen molar-refractivity contribution in [3.8, 4) is 17.2 Å². The molecular weight excluding hydrogens is 891 g/mol. The van der Waals surface area contributed by atoms with Crippen LogP contribution in [0.4, 0.5) is 0 Å². The van der Waals surface area contributed by atoms with Crippen molar-refractivity contribution in [2.45, 2.75) is 19.6 Å². The quantitative estimate of drug-likeness (QED) is 0.146. The van der Waals surface area contributed by atoms with Crippen molar-refractivity contribution in [2.75, 3.05) is 0 Å². The summed E-state index contributed by atoms with van der Waals surface area (Å²) in [5, 5.41) is 43.3. The van der Waals surface area contributed by atoms with Crippen LogP contribution < -0.4 is 0 Å². The standard InChI is InChI=1S/3C7H5Br2N2O.Al/c3*8-5-1-4(3-11-10)7(12)6(9)2-5;/h3*1-2,12H,3H2;/q3*-1;+3. The van der Waals surface area contributed by atoms with E-state index in [1.165, 1.54) is 0 Å². The van der Waals surface area contributed by atoms with Gasteiger partial charge >= 0.3 is 14.8 Å². The molecule has 3 aromatic carbocycles. The van der Waals surface area contributed by atoms with Gasteiger partial charge in [0, 0.05) is 30.1 Å². The van der Waals surface area contributed by atoms with Crippen molar-refractivity contribution in [2.24, 2.45) is 27.6 Å². The second-order valence-electron chi connectivity index (χ2n) is 7.28. The smallest absolute Gasteiger partial charge is 0.506 e. The van der Waals surface area contributed by atoms with Gasteiger partial charge < -0.3 is 15.3 Å². The third-order valence-electron chi connectivity index (χ3n) is 4.60. The molecule has 3 rings (SSSR count). The van der Waals surface area contributed by atoms with Crippen LogP contribution in [0.25, 0.3) is 0 Å². The minimum absolute atomic E-state index is 0.0648. The summed E-state index contributed by atoms with van der Waals surface area (Å²) in [5.74, 6) is 0.195. The lowest BCUT2D eigenvalue weighted by atomic mass is 10.2. The SMILES string of the molecule is Oc1c(Br)cc(Br)cc1C/N=[N]/[Al](/[N]=N/Cc1cc(Br)cc(Br)c1O)/[N]=N/Cc1cc(Br)cc(Br)c1O. The van der Waals surface area contributed by atoms with E-state index in [1.807, 2.05) is 0 Å². The van der Waals surface area contributed by atoms with Gasteiger partial charge in [-0.15, -0.1) is 0 Å². The molecule has 0 aliphatic rings. The van der Waals surface area contributed by atoms with Gasteiger partial charge in [-0.1, -0.05) is 47.8 Å². The maximum atomic E-state index is 10.3. The van der Waals surface area contributed by atoms with Crippen molar-refractivity contribution in [1.82, 2.24) is 0 Å². The Balaban J connectivity index is 1.80. The number of nitrogens with zero attached hydrogens (tertiary/aromatic N) is 6. The number of hydrogen-bond donors (Lipinski definition) is 3. The van der Waals surface area contributed by atoms with Crippen LogP contribution in [0.3, 0.4) is 0 Å². The van der Waals surface area contributed by atoms with Gasteiger partial charge in [0.2, 0.25) is 0 Å². The topological polar surface area (TPSA) is 135 Å². The Morgan fingerprint density at radius 1 is 0.486 bits per heavy atom. The van der Waals surface area contributed by atoms with Crippen molar-refractivity contribution in [1.29, 1.82) is 0 Å². The third kappa shape index (κ3) is 9.17. The lowest BCUT2D eigenvalue weighted by Gasteiger charge is -2.05. The van der Waals surface area contributed by atoms with E-state index < -0.39 is 14.8 Å². The molecule has 0 fully saturated rings. The molecule has 0 saturated heterocycles. The molecule has 3 N–H and O–H groups in total. The minimum Gasteiger partial charge on any atom is -0.506 e. The van der Waals surface area contributed by atoms with Gasteiger partial charge in [0.25, 0.3) is 0 Å². The zero-order chi connectivity index (χ0) is 27.1. The minimum atomic E-state index is -2.72. The summed E-state index contributed by atoms with van der Waals surface area (Å²) in [6.45, 7) is 0.283. The summed E-state index contributed by atoms with van der Waals surface area (Å²) in [7, 11) is 0. The van der Waals surface area contributed by atoms with Gasteiger partial charge in [-0.3, -0.25) is 12.3 Å². The average molecular weight is 906 g/mol. The van der Waals surface area contributed by atoms with Crippen LogP contribution in [-0.4, -0.2) is 30.1 Å². The molecule has 0 amide bonds. The van der Waals surface area contributed by atoms with E-state index >= 15 is 0 Å². The van der Waals surface area contributed by atoms with E-state index in [0.29, 0.717) is 30.1 Å². The molecule has 0 saturated carbocycles. The van der Waals surface area contributed by atoms with E-state index in [4.69, 9.17) is 0 Å². The summed E-state index contributed by atoms with van der Waals surface area (Å²) >= 11 is 17.3. The van der Waals surface area contributed by atoms with Crippen molar-refractivity contribution >= 4 is 110 Å². The van der Waals surface area contributed by atoms with Crippen molar-refractivity contribution in [3.05, 3.63) is 79.9 Å². The van der Waals surface area contributed by atoms with Gasteiger partial charge in [-0.2, -0.15) is 0 Å². The van der Waals surface area contributed by atoms with Crippen LogP contribution in [0.2, 0.25) is 0 Å². The first kappa shape index (κ1) is 30.8. The van der Waals surface area contributed by atoms with E-state index in [-0.39, 0.29) is 36.9 Å². The lowest BCUT2D eigenvalue weighted by Crippen LogP contribution is -2.02. The fraction of sp³-hybridized carbons (Fsp3) is 0.143. The highest BCUT2D eigenvalue weighted by Gasteiger charge is 2.24. The third-order valence-corrected chi connectivity index (χ3v) is 8.90. The summed E-state index contributed by atoms with van der Waals surface area (Å²) in [6, 6.07) is 10.4. The van der Waals surface area contributed by atoms with Crippen LogP contribution in [0.5, 0.6) is 17.2 Å². The first-order valence-electron chi connectivity index (χ1n) is 10.2. The first-order chi connectivity index (χ1) is 17.5. The molecule has 0 spiro atoms. The fourth-order valence-electron chi connectivity index (χ4n) is 2.86. The molecular formula is C21H15AlBr6N6O3. The lowest BCUT2D eigenvalue weighted by molar-refractivity contribution is 0.464. The van der Waals surface area contributed by atoms with Crippen LogP contribution in [0.15, 0.2) is 90.9 Å². The van der Waals surface area contributed by atoms with Crippen molar-refractivity contribution in [3.63, 3.8) is 0 Å². The van der Waals surface area contributed by atoms with E-state index in [9.17, 15) is 15.3 Å². The number of benzene rings is 3. The maximum absolute atomic E-state index is 10.3. The van der Waals surface area contributed by atoms with Crippen LogP contribution in [0, 0.1) is 0 Å². The van der Waals surface area contributed by atoms with Crippen LogP contribution in [-0.2, 0) is 19.6 Å². The van der Waals surface area contributed by atoms with Crippen LogP contribution in [0.1, 0.15) is 16.7 Å². The summed E-state index contributed by atoms with van der Waals surface area (Å²) in [4.78, 5) is 0.